The van der Waals surface area contributed by atoms with Gasteiger partial charge in [0.15, 0.2) is 0 Å². The van der Waals surface area contributed by atoms with Gasteiger partial charge in [0.05, 0.1) is 11.6 Å². The molecule has 1 unspecified atom stereocenters. The predicted molar refractivity (Wildman–Crippen MR) is 79.1 cm³/mol. The fraction of sp³-hybridized carbons (Fsp3) is 0.312. The van der Waals surface area contributed by atoms with Crippen molar-refractivity contribution in [3.8, 4) is 6.07 Å². The number of hydrogen-bond acceptors (Lipinski definition) is 4. The smallest absolute Gasteiger partial charge is 0.126 e. The molecule has 0 saturated heterocycles. The zero-order valence-electron chi connectivity index (χ0n) is 11.6. The van der Waals surface area contributed by atoms with E-state index in [1.807, 2.05) is 18.3 Å². The first-order valence-corrected chi connectivity index (χ1v) is 6.86. The van der Waals surface area contributed by atoms with Crippen molar-refractivity contribution >= 4 is 5.82 Å². The quantitative estimate of drug-likeness (QED) is 0.866. The SMILES string of the molecule is CCCCC(Nc1ccc(C#N)cn1)c1cccnc1. The average Bonchev–Trinajstić information content (AvgIpc) is 2.53. The fourth-order valence-electron chi connectivity index (χ4n) is 2.04. The summed E-state index contributed by atoms with van der Waals surface area (Å²) in [7, 11) is 0. The van der Waals surface area contributed by atoms with Crippen LogP contribution in [0.3, 0.4) is 0 Å². The highest BCUT2D eigenvalue weighted by Gasteiger charge is 2.11. The Balaban J connectivity index is 2.13. The summed E-state index contributed by atoms with van der Waals surface area (Å²) in [6.45, 7) is 2.18. The van der Waals surface area contributed by atoms with Crippen molar-refractivity contribution in [1.29, 1.82) is 5.26 Å². The van der Waals surface area contributed by atoms with E-state index in [1.54, 1.807) is 18.5 Å². The van der Waals surface area contributed by atoms with Crippen LogP contribution in [0, 0.1) is 11.3 Å². The molecule has 0 amide bonds. The summed E-state index contributed by atoms with van der Waals surface area (Å²) < 4.78 is 0. The standard InChI is InChI=1S/C16H18N4/c1-2-3-6-15(14-5-4-9-18-12-14)20-16-8-7-13(10-17)11-19-16/h4-5,7-9,11-12,15H,2-3,6H2,1H3,(H,19,20). The second-order valence-corrected chi connectivity index (χ2v) is 4.67. The molecular weight excluding hydrogens is 248 g/mol. The van der Waals surface area contributed by atoms with Crippen LogP contribution in [0.2, 0.25) is 0 Å². The van der Waals surface area contributed by atoms with Crippen LogP contribution in [0.15, 0.2) is 42.9 Å². The predicted octanol–water partition coefficient (Wildman–Crippen LogP) is 3.69. The lowest BCUT2D eigenvalue weighted by Crippen LogP contribution is -2.12. The largest absolute Gasteiger partial charge is 0.363 e. The van der Waals surface area contributed by atoms with E-state index in [4.69, 9.17) is 5.26 Å². The lowest BCUT2D eigenvalue weighted by Gasteiger charge is -2.19. The van der Waals surface area contributed by atoms with Crippen molar-refractivity contribution in [1.82, 2.24) is 9.97 Å². The van der Waals surface area contributed by atoms with Crippen LogP contribution in [0.25, 0.3) is 0 Å². The van der Waals surface area contributed by atoms with Crippen LogP contribution in [-0.4, -0.2) is 9.97 Å². The van der Waals surface area contributed by atoms with Gasteiger partial charge in [0.2, 0.25) is 0 Å². The molecule has 0 saturated carbocycles. The molecule has 2 rings (SSSR count). The number of pyridine rings is 2. The van der Waals surface area contributed by atoms with Gasteiger partial charge < -0.3 is 5.32 Å². The van der Waals surface area contributed by atoms with E-state index in [0.29, 0.717) is 5.56 Å². The first-order valence-electron chi connectivity index (χ1n) is 6.86. The minimum atomic E-state index is 0.198. The van der Waals surface area contributed by atoms with Crippen molar-refractivity contribution in [3.05, 3.63) is 54.0 Å². The van der Waals surface area contributed by atoms with Crippen LogP contribution >= 0.6 is 0 Å². The van der Waals surface area contributed by atoms with E-state index < -0.39 is 0 Å². The Bertz CT molecular complexity index is 557. The molecule has 2 heterocycles. The van der Waals surface area contributed by atoms with Crippen LogP contribution in [-0.2, 0) is 0 Å². The van der Waals surface area contributed by atoms with Gasteiger partial charge in [-0.25, -0.2) is 4.98 Å². The first kappa shape index (κ1) is 14.0. The van der Waals surface area contributed by atoms with E-state index >= 15 is 0 Å². The zero-order chi connectivity index (χ0) is 14.2. The normalized spacial score (nSPS) is 11.6. The molecule has 0 aliphatic rings. The van der Waals surface area contributed by atoms with Gasteiger partial charge in [-0.15, -0.1) is 0 Å². The van der Waals surface area contributed by atoms with Gasteiger partial charge in [-0.05, 0) is 30.2 Å². The third-order valence-electron chi connectivity index (χ3n) is 3.15. The summed E-state index contributed by atoms with van der Waals surface area (Å²) in [4.78, 5) is 8.45. The van der Waals surface area contributed by atoms with E-state index in [0.717, 1.165) is 30.6 Å². The Labute approximate surface area is 119 Å². The number of nitriles is 1. The molecular formula is C16H18N4. The molecule has 4 heteroatoms. The van der Waals surface area contributed by atoms with E-state index in [1.165, 1.54) is 0 Å². The molecule has 0 aliphatic carbocycles. The third kappa shape index (κ3) is 3.79. The summed E-state index contributed by atoms with van der Waals surface area (Å²) in [5, 5.41) is 12.2. The number of unbranched alkanes of at least 4 members (excludes halogenated alkanes) is 1. The zero-order valence-corrected chi connectivity index (χ0v) is 11.6. The lowest BCUT2D eigenvalue weighted by atomic mass is 10.0. The minimum absolute atomic E-state index is 0.198. The van der Waals surface area contributed by atoms with Crippen LogP contribution in [0.5, 0.6) is 0 Å². The van der Waals surface area contributed by atoms with Gasteiger partial charge >= 0.3 is 0 Å². The Morgan fingerprint density at radius 3 is 2.80 bits per heavy atom. The summed E-state index contributed by atoms with van der Waals surface area (Å²) in [5.74, 6) is 0.786. The summed E-state index contributed by atoms with van der Waals surface area (Å²) >= 11 is 0. The Hall–Kier alpha value is -2.41. The van der Waals surface area contributed by atoms with Gasteiger partial charge in [-0.3, -0.25) is 4.98 Å². The highest BCUT2D eigenvalue weighted by molar-refractivity contribution is 5.41. The average molecular weight is 266 g/mol. The number of hydrogen-bond donors (Lipinski definition) is 1. The number of rotatable bonds is 6. The Morgan fingerprint density at radius 1 is 1.30 bits per heavy atom. The molecule has 1 N–H and O–H groups in total. The van der Waals surface area contributed by atoms with Gasteiger partial charge in [0, 0.05) is 18.6 Å². The molecule has 0 aliphatic heterocycles. The number of anilines is 1. The maximum atomic E-state index is 8.79. The number of aromatic nitrogens is 2. The molecule has 0 aromatic carbocycles. The molecule has 0 radical (unpaired) electrons. The second kappa shape index (κ2) is 7.25. The Kier molecular flexibility index (Phi) is 5.08. The molecule has 4 nitrogen and oxygen atoms in total. The lowest BCUT2D eigenvalue weighted by molar-refractivity contribution is 0.631. The topological polar surface area (TPSA) is 61.6 Å². The monoisotopic (exact) mass is 266 g/mol. The molecule has 2 aromatic heterocycles. The molecule has 1 atom stereocenters. The minimum Gasteiger partial charge on any atom is -0.363 e. The van der Waals surface area contributed by atoms with Crippen LogP contribution in [0.4, 0.5) is 5.82 Å². The summed E-state index contributed by atoms with van der Waals surface area (Å²) in [6.07, 6.45) is 8.58. The molecule has 2 aromatic rings. The van der Waals surface area contributed by atoms with Gasteiger partial charge in [0.1, 0.15) is 11.9 Å². The van der Waals surface area contributed by atoms with Crippen LogP contribution in [0.1, 0.15) is 43.4 Å². The van der Waals surface area contributed by atoms with E-state index in [-0.39, 0.29) is 6.04 Å². The van der Waals surface area contributed by atoms with Crippen molar-refractivity contribution < 1.29 is 0 Å². The second-order valence-electron chi connectivity index (χ2n) is 4.67. The third-order valence-corrected chi connectivity index (χ3v) is 3.15. The van der Waals surface area contributed by atoms with Gasteiger partial charge in [0.25, 0.3) is 0 Å². The molecule has 0 spiro atoms. The van der Waals surface area contributed by atoms with Crippen LogP contribution < -0.4 is 5.32 Å². The maximum Gasteiger partial charge on any atom is 0.126 e. The number of nitrogens with zero attached hydrogens (tertiary/aromatic N) is 3. The Morgan fingerprint density at radius 2 is 2.20 bits per heavy atom. The number of nitrogens with one attached hydrogen (secondary N) is 1. The first-order chi connectivity index (χ1) is 9.83. The van der Waals surface area contributed by atoms with Crippen molar-refractivity contribution in [2.24, 2.45) is 0 Å². The van der Waals surface area contributed by atoms with Gasteiger partial charge in [-0.1, -0.05) is 25.8 Å². The van der Waals surface area contributed by atoms with Gasteiger partial charge in [-0.2, -0.15) is 5.26 Å². The highest BCUT2D eigenvalue weighted by Crippen LogP contribution is 2.23. The molecule has 0 bridgehead atoms. The van der Waals surface area contributed by atoms with Crippen molar-refractivity contribution in [2.75, 3.05) is 5.32 Å². The molecule has 20 heavy (non-hydrogen) atoms. The summed E-state index contributed by atoms with van der Waals surface area (Å²) in [5.41, 5.74) is 1.73. The van der Waals surface area contributed by atoms with E-state index in [2.05, 4.69) is 34.3 Å². The van der Waals surface area contributed by atoms with Crippen molar-refractivity contribution in [3.63, 3.8) is 0 Å². The fourth-order valence-corrected chi connectivity index (χ4v) is 2.04. The maximum absolute atomic E-state index is 8.79. The highest BCUT2D eigenvalue weighted by atomic mass is 15.0. The van der Waals surface area contributed by atoms with Crippen molar-refractivity contribution in [2.45, 2.75) is 32.2 Å². The summed E-state index contributed by atoms with van der Waals surface area (Å²) in [6, 6.07) is 9.91. The molecule has 0 fully saturated rings. The molecule has 102 valence electrons. The van der Waals surface area contributed by atoms with E-state index in [9.17, 15) is 0 Å².